The smallest absolute Gasteiger partial charge is 0.462 e. The second-order valence-electron chi connectivity index (χ2n) is 14.7. The lowest BCUT2D eigenvalue weighted by molar-refractivity contribution is -0.161. The molecule has 2 atom stereocenters. The molecule has 0 amide bonds. The van der Waals surface area contributed by atoms with Gasteiger partial charge in [-0.05, 0) is 12.8 Å². The first-order chi connectivity index (χ1) is 25.3. The van der Waals surface area contributed by atoms with Gasteiger partial charge in [0, 0.05) is 19.4 Å². The Bertz CT molecular complexity index is 832. The molecule has 0 fully saturated rings. The third-order valence-electron chi connectivity index (χ3n) is 9.59. The van der Waals surface area contributed by atoms with Crippen molar-refractivity contribution in [3.63, 3.8) is 0 Å². The Hall–Kier alpha value is -1.03. The van der Waals surface area contributed by atoms with Crippen LogP contribution in [0.3, 0.4) is 0 Å². The van der Waals surface area contributed by atoms with E-state index in [1.54, 1.807) is 0 Å². The second kappa shape index (κ2) is 39.7. The molecule has 0 aromatic carbocycles. The maximum absolute atomic E-state index is 12.6. The molecule has 0 radical (unpaired) electrons. The van der Waals surface area contributed by atoms with Crippen LogP contribution in [0.4, 0.5) is 0 Å². The van der Waals surface area contributed by atoms with E-state index in [1.165, 1.54) is 148 Å². The van der Waals surface area contributed by atoms with E-state index in [9.17, 15) is 19.0 Å². The number of unbranched alkanes of at least 4 members (excludes halogenated alkanes) is 28. The fourth-order valence-corrected chi connectivity index (χ4v) is 7.07. The zero-order valence-electron chi connectivity index (χ0n) is 33.7. The highest BCUT2D eigenvalue weighted by Gasteiger charge is 2.26. The van der Waals surface area contributed by atoms with Gasteiger partial charge in [0.05, 0.1) is 13.2 Å². The minimum atomic E-state index is -4.45. The number of rotatable bonds is 42. The summed E-state index contributed by atoms with van der Waals surface area (Å²) in [4.78, 5) is 34.9. The van der Waals surface area contributed by atoms with Crippen molar-refractivity contribution in [2.75, 3.05) is 26.4 Å². The first-order valence-corrected chi connectivity index (χ1v) is 23.2. The molecule has 0 aliphatic carbocycles. The number of carbonyl (C=O) groups excluding carboxylic acids is 2. The zero-order chi connectivity index (χ0) is 38.2. The van der Waals surface area contributed by atoms with Crippen LogP contribution < -0.4 is 5.48 Å². The molecule has 0 aromatic rings. The van der Waals surface area contributed by atoms with Crippen molar-refractivity contribution < 1.29 is 42.8 Å². The number of esters is 2. The third-order valence-corrected chi connectivity index (χ3v) is 10.6. The van der Waals surface area contributed by atoms with Crippen LogP contribution in [-0.2, 0) is 32.7 Å². The summed E-state index contributed by atoms with van der Waals surface area (Å²) in [5.41, 5.74) is 1.83. The van der Waals surface area contributed by atoms with Crippen LogP contribution in [0.15, 0.2) is 0 Å². The molecule has 11 heteroatoms. The molecule has 0 saturated heterocycles. The lowest BCUT2D eigenvalue weighted by Gasteiger charge is -2.20. The maximum atomic E-state index is 12.6. The van der Waals surface area contributed by atoms with Crippen LogP contribution in [0.1, 0.15) is 219 Å². The maximum Gasteiger partial charge on any atom is 0.472 e. The monoisotopic (exact) mass is 764 g/mol. The lowest BCUT2D eigenvalue weighted by Crippen LogP contribution is -2.29. The van der Waals surface area contributed by atoms with E-state index in [0.717, 1.165) is 38.5 Å². The number of hydrogen-bond donors (Lipinski definition) is 3. The summed E-state index contributed by atoms with van der Waals surface area (Å²) in [6.45, 7) is 3.46. The molecule has 0 saturated carbocycles. The van der Waals surface area contributed by atoms with Crippen molar-refractivity contribution in [2.45, 2.75) is 225 Å². The van der Waals surface area contributed by atoms with Gasteiger partial charge >= 0.3 is 19.8 Å². The predicted octanol–water partition coefficient (Wildman–Crippen LogP) is 12.1. The van der Waals surface area contributed by atoms with Crippen LogP contribution in [-0.4, -0.2) is 54.5 Å². The van der Waals surface area contributed by atoms with Gasteiger partial charge in [0.15, 0.2) is 6.10 Å². The number of hydroxylamine groups is 1. The SMILES string of the molecule is CCCCCCCCCCCCCCCCCC(=O)OC[C@H](COP(=O)(O)OCCNO)OC(=O)CCCCCCCCCCCCCCCCC. The summed E-state index contributed by atoms with van der Waals surface area (Å²) in [5.74, 6) is -0.851. The van der Waals surface area contributed by atoms with Crippen LogP contribution in [0.2, 0.25) is 0 Å². The van der Waals surface area contributed by atoms with Gasteiger partial charge in [-0.1, -0.05) is 194 Å². The van der Waals surface area contributed by atoms with Crippen LogP contribution in [0.25, 0.3) is 0 Å². The summed E-state index contributed by atoms with van der Waals surface area (Å²) < 4.78 is 32.8. The number of carbonyl (C=O) groups is 2. The molecule has 0 aliphatic heterocycles. The molecule has 3 N–H and O–H groups in total. The van der Waals surface area contributed by atoms with Crippen LogP contribution >= 0.6 is 7.82 Å². The van der Waals surface area contributed by atoms with Gasteiger partial charge in [-0.25, -0.2) is 10.0 Å². The average Bonchev–Trinajstić information content (AvgIpc) is 3.12. The Balaban J connectivity index is 4.17. The Morgan fingerprint density at radius 2 is 0.865 bits per heavy atom. The summed E-state index contributed by atoms with van der Waals surface area (Å²) in [6, 6.07) is 0. The highest BCUT2D eigenvalue weighted by Crippen LogP contribution is 2.43. The molecule has 0 rings (SSSR count). The summed E-state index contributed by atoms with van der Waals surface area (Å²) in [6.07, 6.45) is 36.7. The molecular formula is C41H82NO9P. The number of nitrogens with one attached hydrogen (secondary N) is 1. The molecule has 0 aromatic heterocycles. The summed E-state index contributed by atoms with van der Waals surface area (Å²) in [7, 11) is -4.45. The highest BCUT2D eigenvalue weighted by molar-refractivity contribution is 7.47. The number of phosphoric acid groups is 1. The van der Waals surface area contributed by atoms with Crippen molar-refractivity contribution in [1.82, 2.24) is 5.48 Å². The van der Waals surface area contributed by atoms with Crippen LogP contribution in [0.5, 0.6) is 0 Å². The van der Waals surface area contributed by atoms with Crippen LogP contribution in [0, 0.1) is 0 Å². The van der Waals surface area contributed by atoms with Gasteiger partial charge in [0.25, 0.3) is 0 Å². The lowest BCUT2D eigenvalue weighted by atomic mass is 10.0. The quantitative estimate of drug-likeness (QED) is 0.0238. The number of hydrogen-bond acceptors (Lipinski definition) is 9. The highest BCUT2D eigenvalue weighted by atomic mass is 31.2. The van der Waals surface area contributed by atoms with E-state index < -0.39 is 32.5 Å². The normalized spacial score (nSPS) is 13.2. The summed E-state index contributed by atoms with van der Waals surface area (Å²) in [5, 5.41) is 8.64. The van der Waals surface area contributed by atoms with Crippen molar-refractivity contribution >= 4 is 19.8 Å². The van der Waals surface area contributed by atoms with Crippen molar-refractivity contribution in [1.29, 1.82) is 0 Å². The van der Waals surface area contributed by atoms with Gasteiger partial charge in [-0.2, -0.15) is 0 Å². The molecule has 1 unspecified atom stereocenters. The standard InChI is InChI=1S/C41H82NO9P/c1-3-5-7-9-11-13-15-17-19-21-23-25-27-29-31-33-40(43)48-37-39(38-50-52(46,47)49-36-35-42-45)51-41(44)34-32-30-28-26-24-22-20-18-16-14-12-10-8-6-4-2/h39,42,45H,3-38H2,1-2H3,(H,46,47)/t39-/m1/s1. The summed E-state index contributed by atoms with van der Waals surface area (Å²) >= 11 is 0. The Morgan fingerprint density at radius 3 is 1.23 bits per heavy atom. The topological polar surface area (TPSA) is 141 Å². The molecule has 0 aliphatic rings. The van der Waals surface area contributed by atoms with E-state index >= 15 is 0 Å². The molecule has 10 nitrogen and oxygen atoms in total. The fourth-order valence-electron chi connectivity index (χ4n) is 6.32. The second-order valence-corrected chi connectivity index (χ2v) is 16.2. The van der Waals surface area contributed by atoms with Gasteiger partial charge < -0.3 is 19.6 Å². The van der Waals surface area contributed by atoms with E-state index in [-0.39, 0.29) is 32.6 Å². The third kappa shape index (κ3) is 38.7. The minimum Gasteiger partial charge on any atom is -0.462 e. The van der Waals surface area contributed by atoms with Gasteiger partial charge in [0.2, 0.25) is 0 Å². The fraction of sp³-hybridized carbons (Fsp3) is 0.951. The molecular weight excluding hydrogens is 681 g/mol. The molecule has 52 heavy (non-hydrogen) atoms. The molecule has 0 spiro atoms. The Labute approximate surface area is 319 Å². The number of phosphoric ester groups is 1. The van der Waals surface area contributed by atoms with E-state index in [4.69, 9.17) is 23.7 Å². The Morgan fingerprint density at radius 1 is 0.519 bits per heavy atom. The average molecular weight is 764 g/mol. The first-order valence-electron chi connectivity index (χ1n) is 21.7. The van der Waals surface area contributed by atoms with Gasteiger partial charge in [-0.15, -0.1) is 0 Å². The first kappa shape index (κ1) is 51.0. The van der Waals surface area contributed by atoms with E-state index in [0.29, 0.717) is 6.42 Å². The van der Waals surface area contributed by atoms with Gasteiger partial charge in [0.1, 0.15) is 6.61 Å². The predicted molar refractivity (Wildman–Crippen MR) is 211 cm³/mol. The van der Waals surface area contributed by atoms with Crippen molar-refractivity contribution in [3.8, 4) is 0 Å². The minimum absolute atomic E-state index is 0.0670. The Kier molecular flexibility index (Phi) is 38.9. The molecule has 310 valence electrons. The van der Waals surface area contributed by atoms with Crippen molar-refractivity contribution in [2.24, 2.45) is 0 Å². The number of ether oxygens (including phenoxy) is 2. The zero-order valence-corrected chi connectivity index (χ0v) is 34.6. The largest absolute Gasteiger partial charge is 0.472 e. The van der Waals surface area contributed by atoms with E-state index in [2.05, 4.69) is 13.8 Å². The molecule has 0 heterocycles. The molecule has 0 bridgehead atoms. The van der Waals surface area contributed by atoms with Gasteiger partial charge in [-0.3, -0.25) is 18.6 Å². The van der Waals surface area contributed by atoms with E-state index in [1.807, 2.05) is 5.48 Å². The van der Waals surface area contributed by atoms with Crippen molar-refractivity contribution in [3.05, 3.63) is 0 Å².